The van der Waals surface area contributed by atoms with E-state index in [9.17, 15) is 23.6 Å². The molecule has 6 aliphatic heterocycles. The van der Waals surface area contributed by atoms with Gasteiger partial charge in [-0.3, -0.25) is 24.3 Å². The number of fused-ring (bicyclic) bond motifs is 7. The molecule has 4 saturated heterocycles. The Morgan fingerprint density at radius 1 is 1.05 bits per heavy atom. The Morgan fingerprint density at radius 3 is 2.65 bits per heavy atom. The van der Waals surface area contributed by atoms with Crippen LogP contribution in [-0.2, 0) is 25.6 Å². The van der Waals surface area contributed by atoms with Crippen molar-refractivity contribution in [2.75, 3.05) is 44.3 Å². The minimum atomic E-state index is -3.39. The molecule has 6 aliphatic rings. The van der Waals surface area contributed by atoms with Crippen LogP contribution in [0.2, 0.25) is 0 Å². The van der Waals surface area contributed by atoms with Crippen LogP contribution in [0.4, 0.5) is 37.4 Å². The number of nitrogens with zero attached hydrogens (tertiary/aromatic N) is 6. The molecule has 3 atom stereocenters. The van der Waals surface area contributed by atoms with Gasteiger partial charge in [-0.25, -0.2) is 31.5 Å². The highest BCUT2D eigenvalue weighted by atomic mass is 19.3. The van der Waals surface area contributed by atoms with Gasteiger partial charge in [-0.05, 0) is 73.7 Å². The van der Waals surface area contributed by atoms with Crippen LogP contribution in [0.1, 0.15) is 57.4 Å². The van der Waals surface area contributed by atoms with E-state index in [4.69, 9.17) is 19.0 Å². The van der Waals surface area contributed by atoms with Gasteiger partial charge in [0.05, 0.1) is 29.6 Å². The fraction of sp³-hybridized carbons (Fsp3) is 0.475. The minimum Gasteiger partial charge on any atom is -0.461 e. The number of hydrogen-bond donors (Lipinski definition) is 1. The third-order valence-corrected chi connectivity index (χ3v) is 11.8. The molecule has 0 radical (unpaired) electrons. The van der Waals surface area contributed by atoms with Crippen LogP contribution in [0.3, 0.4) is 0 Å². The van der Waals surface area contributed by atoms with Gasteiger partial charge in [0.1, 0.15) is 41.4 Å². The topological polar surface area (TPSA) is 166 Å². The Morgan fingerprint density at radius 2 is 1.85 bits per heavy atom. The molecule has 0 spiro atoms. The number of benzene rings is 2. The summed E-state index contributed by atoms with van der Waals surface area (Å²) in [6.45, 7) is 0.866. The molecule has 0 saturated carbocycles. The van der Waals surface area contributed by atoms with Crippen molar-refractivity contribution < 1.29 is 60.2 Å². The van der Waals surface area contributed by atoms with E-state index in [0.717, 1.165) is 12.5 Å². The summed E-state index contributed by atoms with van der Waals surface area (Å²) in [5.74, 6) is -7.15. The number of hydroxylamine groups is 2. The van der Waals surface area contributed by atoms with Gasteiger partial charge in [-0.2, -0.15) is 9.97 Å². The number of anilines is 1. The number of nitrogens with one attached hydrogen (secondary N) is 1. The second-order valence-corrected chi connectivity index (χ2v) is 16.3. The fourth-order valence-corrected chi connectivity index (χ4v) is 9.36. The van der Waals surface area contributed by atoms with Crippen molar-refractivity contribution in [3.8, 4) is 23.0 Å². The number of amides is 3. The Bertz CT molecular complexity index is 2460. The highest BCUT2D eigenvalue weighted by Crippen LogP contribution is 2.43. The number of aromatic nitrogens is 3. The molecule has 4 aromatic rings. The molecule has 1 N–H and O–H groups in total. The van der Waals surface area contributed by atoms with Gasteiger partial charge >= 0.3 is 18.3 Å². The largest absolute Gasteiger partial charge is 0.539 e. The van der Waals surface area contributed by atoms with E-state index in [0.29, 0.717) is 13.0 Å². The predicted molar refractivity (Wildman–Crippen MR) is 200 cm³/mol. The minimum absolute atomic E-state index is 0.0499. The van der Waals surface area contributed by atoms with Crippen molar-refractivity contribution in [2.24, 2.45) is 0 Å². The van der Waals surface area contributed by atoms with Gasteiger partial charge in [-0.1, -0.05) is 11.1 Å². The van der Waals surface area contributed by atoms with Crippen LogP contribution in [0.25, 0.3) is 32.9 Å². The summed E-state index contributed by atoms with van der Waals surface area (Å²) < 4.78 is 96.2. The maximum atomic E-state index is 17.5. The van der Waals surface area contributed by atoms with E-state index in [1.807, 2.05) is 4.90 Å². The second-order valence-electron chi connectivity index (χ2n) is 16.3. The standard InChI is InChI=1S/C40H38F5N7O8/c1-38-17-40(44,45)19-50(18-38)34-26-15-46-32(31(43)33(26)47-35(48-34)58-20-39-9-3-10-51(39)16-22(41)14-39)25-13-23(59-37(56)60-52-28(53)7-8-29(52)54)12-21-5-6-27(42)24(30(21)25)4-2-11-57-36(55)49-38/h5-6,12-13,15,22H,2-4,7-11,14,16-20H2,1H3,(H,49,55)/t22-,38-,39+/m1/s1. The van der Waals surface area contributed by atoms with Gasteiger partial charge in [-0.15, -0.1) is 0 Å². The van der Waals surface area contributed by atoms with Gasteiger partial charge in [0.2, 0.25) is 0 Å². The zero-order valence-corrected chi connectivity index (χ0v) is 32.2. The SMILES string of the molecule is C[C@]12CN(CC(F)(F)C1)c1nc(OC[C@@]34CCCN3C[C@H](F)C4)nc3c(F)c(ncc13)-c1cc(OC(=O)ON3C(=O)CCC3=O)cc3ccc(F)c(c13)CCCOC(=O)N2. The first-order chi connectivity index (χ1) is 28.6. The average molecular weight is 840 g/mol. The van der Waals surface area contributed by atoms with E-state index >= 15 is 17.6 Å². The number of alkyl halides is 3. The molecule has 2 aromatic carbocycles. The molecule has 60 heavy (non-hydrogen) atoms. The molecule has 0 unspecified atom stereocenters. The summed E-state index contributed by atoms with van der Waals surface area (Å²) in [7, 11) is 0. The Balaban J connectivity index is 1.21. The molecule has 0 aliphatic carbocycles. The number of halogens is 5. The van der Waals surface area contributed by atoms with Crippen LogP contribution in [0.15, 0.2) is 30.5 Å². The fourth-order valence-electron chi connectivity index (χ4n) is 9.36. The van der Waals surface area contributed by atoms with E-state index in [-0.39, 0.29) is 108 Å². The number of alkyl carbamates (subject to hydrolysis) is 1. The molecule has 3 amide bonds. The average Bonchev–Trinajstić information content (AvgIpc) is 3.82. The van der Waals surface area contributed by atoms with Gasteiger partial charge in [0.15, 0.2) is 5.82 Å². The van der Waals surface area contributed by atoms with Gasteiger partial charge in [0, 0.05) is 50.5 Å². The van der Waals surface area contributed by atoms with Crippen molar-refractivity contribution in [3.05, 3.63) is 47.7 Å². The molecule has 6 bridgehead atoms. The molecular formula is C40H38F5N7O8. The van der Waals surface area contributed by atoms with Crippen LogP contribution in [0.5, 0.6) is 11.8 Å². The smallest absolute Gasteiger partial charge is 0.461 e. The number of aryl methyl sites for hydroxylation is 1. The van der Waals surface area contributed by atoms with E-state index in [2.05, 4.69) is 20.3 Å². The maximum Gasteiger partial charge on any atom is 0.539 e. The zero-order chi connectivity index (χ0) is 42.1. The summed E-state index contributed by atoms with van der Waals surface area (Å²) in [6, 6.07) is 4.63. The summed E-state index contributed by atoms with van der Waals surface area (Å²) in [5, 5.41) is 3.12. The number of hydrogen-bond acceptors (Lipinski definition) is 13. The molecule has 4 fully saturated rings. The van der Waals surface area contributed by atoms with E-state index < -0.39 is 83.0 Å². The zero-order valence-electron chi connectivity index (χ0n) is 32.2. The van der Waals surface area contributed by atoms with Crippen molar-refractivity contribution >= 4 is 51.6 Å². The molecule has 15 nitrogen and oxygen atoms in total. The third kappa shape index (κ3) is 7.23. The molecule has 2 aromatic heterocycles. The molecule has 8 heterocycles. The normalized spacial score (nSPS) is 25.4. The quantitative estimate of drug-likeness (QED) is 0.109. The van der Waals surface area contributed by atoms with Crippen LogP contribution in [-0.4, -0.2) is 112 Å². The Labute approximate surface area is 338 Å². The number of imide groups is 1. The summed E-state index contributed by atoms with van der Waals surface area (Å²) in [6.07, 6.45) is -1.87. The van der Waals surface area contributed by atoms with Crippen molar-refractivity contribution in [3.63, 3.8) is 0 Å². The van der Waals surface area contributed by atoms with Gasteiger partial charge in [0.25, 0.3) is 17.7 Å². The first kappa shape index (κ1) is 39.5. The summed E-state index contributed by atoms with van der Waals surface area (Å²) in [4.78, 5) is 71.6. The number of piperidine rings is 1. The molecule has 316 valence electrons. The lowest BCUT2D eigenvalue weighted by Crippen LogP contribution is -2.63. The molecule has 10 rings (SSSR count). The Hall–Kier alpha value is -5.92. The Kier molecular flexibility index (Phi) is 9.66. The van der Waals surface area contributed by atoms with Gasteiger partial charge < -0.3 is 24.4 Å². The third-order valence-electron chi connectivity index (χ3n) is 11.8. The van der Waals surface area contributed by atoms with Crippen molar-refractivity contribution in [1.82, 2.24) is 30.2 Å². The monoisotopic (exact) mass is 839 g/mol. The van der Waals surface area contributed by atoms with E-state index in [1.54, 1.807) is 0 Å². The number of carbonyl (C=O) groups is 4. The molecular weight excluding hydrogens is 801 g/mol. The first-order valence-corrected chi connectivity index (χ1v) is 19.6. The van der Waals surface area contributed by atoms with Crippen molar-refractivity contribution in [2.45, 2.75) is 81.5 Å². The van der Waals surface area contributed by atoms with Crippen molar-refractivity contribution in [1.29, 1.82) is 0 Å². The maximum absolute atomic E-state index is 17.5. The lowest BCUT2D eigenvalue weighted by atomic mass is 9.88. The van der Waals surface area contributed by atoms with Crippen LogP contribution in [0, 0.1) is 11.6 Å². The number of ether oxygens (including phenoxy) is 3. The highest BCUT2D eigenvalue weighted by molar-refractivity contribution is 6.03. The number of pyridine rings is 1. The summed E-state index contributed by atoms with van der Waals surface area (Å²) >= 11 is 0. The first-order valence-electron chi connectivity index (χ1n) is 19.6. The lowest BCUT2D eigenvalue weighted by molar-refractivity contribution is -0.174. The second kappa shape index (κ2) is 14.7. The van der Waals surface area contributed by atoms with Crippen LogP contribution >= 0.6 is 0 Å². The number of rotatable bonds is 5. The van der Waals surface area contributed by atoms with Crippen LogP contribution < -0.4 is 19.7 Å². The lowest BCUT2D eigenvalue weighted by Gasteiger charge is -2.44. The predicted octanol–water partition coefficient (Wildman–Crippen LogP) is 5.93. The summed E-state index contributed by atoms with van der Waals surface area (Å²) in [5.41, 5.74) is -3.12. The molecule has 20 heteroatoms. The van der Waals surface area contributed by atoms with E-state index in [1.165, 1.54) is 36.2 Å². The number of carbonyl (C=O) groups excluding carboxylic acids is 4. The highest BCUT2D eigenvalue weighted by Gasteiger charge is 2.51.